The van der Waals surface area contributed by atoms with Crippen LogP contribution < -0.4 is 11.0 Å². The number of hydrogen-bond donors (Lipinski definition) is 3. The molecule has 0 bridgehead atoms. The molecule has 0 radical (unpaired) electrons. The molecule has 3 rings (SSSR count). The summed E-state index contributed by atoms with van der Waals surface area (Å²) < 4.78 is 38.4. The summed E-state index contributed by atoms with van der Waals surface area (Å²) in [7, 11) is 0. The lowest BCUT2D eigenvalue weighted by molar-refractivity contribution is -0.137. The molecule has 0 fully saturated rings. The van der Waals surface area contributed by atoms with Crippen molar-refractivity contribution in [2.24, 2.45) is 0 Å². The number of nitrogens with zero attached hydrogens (tertiary/aromatic N) is 2. The zero-order valence-corrected chi connectivity index (χ0v) is 12.0. The topological polar surface area (TPSA) is 86.5 Å². The summed E-state index contributed by atoms with van der Waals surface area (Å²) in [4.78, 5) is 17.6. The minimum absolute atomic E-state index is 0.221. The highest BCUT2D eigenvalue weighted by atomic mass is 19.4. The predicted octanol–water partition coefficient (Wildman–Crippen LogP) is 2.59. The molecule has 3 aromatic rings. The van der Waals surface area contributed by atoms with E-state index in [4.69, 9.17) is 0 Å². The van der Waals surface area contributed by atoms with E-state index >= 15 is 0 Å². The fraction of sp³-hybridized carbons (Fsp3) is 0.214. The van der Waals surface area contributed by atoms with Gasteiger partial charge in [-0.15, -0.1) is 0 Å². The molecule has 1 aromatic carbocycles. The number of halogens is 3. The Labute approximate surface area is 127 Å². The Morgan fingerprint density at radius 2 is 2.04 bits per heavy atom. The normalized spacial score (nSPS) is 11.8. The third-order valence-electron chi connectivity index (χ3n) is 3.26. The maximum atomic E-state index is 12.8. The zero-order valence-electron chi connectivity index (χ0n) is 12.0. The standard InChI is InChI=1S/C14H12F3N5O/c1-7-4-10(18-6-12-20-13(23)22-21-12)9-3-2-8(14(15,16)17)5-11(9)19-7/h2-5H,6H2,1H3,(H,18,19)(H2,20,21,22,23). The molecule has 6 nitrogen and oxygen atoms in total. The van der Waals surface area contributed by atoms with Gasteiger partial charge in [0.25, 0.3) is 0 Å². The van der Waals surface area contributed by atoms with Crippen LogP contribution in [0.3, 0.4) is 0 Å². The SMILES string of the molecule is Cc1cc(NCc2n[nH]c(=O)[nH]2)c2ccc(C(F)(F)F)cc2n1. The number of H-pyrrole nitrogens is 2. The lowest BCUT2D eigenvalue weighted by Gasteiger charge is -2.12. The Hall–Kier alpha value is -2.84. The Bertz CT molecular complexity index is 913. The second kappa shape index (κ2) is 5.41. The molecule has 0 aliphatic heterocycles. The van der Waals surface area contributed by atoms with Gasteiger partial charge in [0, 0.05) is 16.8 Å². The van der Waals surface area contributed by atoms with Crippen molar-refractivity contribution >= 4 is 16.6 Å². The van der Waals surface area contributed by atoms with Crippen molar-refractivity contribution in [3.63, 3.8) is 0 Å². The van der Waals surface area contributed by atoms with Crippen molar-refractivity contribution in [2.75, 3.05) is 5.32 Å². The highest BCUT2D eigenvalue weighted by Gasteiger charge is 2.30. The molecule has 0 amide bonds. The van der Waals surface area contributed by atoms with Crippen molar-refractivity contribution in [3.05, 3.63) is 51.8 Å². The zero-order chi connectivity index (χ0) is 16.6. The molecule has 0 aliphatic rings. The number of aromatic amines is 2. The Kier molecular flexibility index (Phi) is 3.55. The first-order valence-corrected chi connectivity index (χ1v) is 6.69. The number of pyridine rings is 1. The first kappa shape index (κ1) is 15.1. The second-order valence-electron chi connectivity index (χ2n) is 5.02. The van der Waals surface area contributed by atoms with Gasteiger partial charge in [0.2, 0.25) is 0 Å². The third kappa shape index (κ3) is 3.17. The molecule has 2 aromatic heterocycles. The van der Waals surface area contributed by atoms with E-state index in [0.717, 1.165) is 12.1 Å². The maximum absolute atomic E-state index is 12.8. The fourth-order valence-corrected chi connectivity index (χ4v) is 2.25. The van der Waals surface area contributed by atoms with Crippen LogP contribution >= 0.6 is 0 Å². The van der Waals surface area contributed by atoms with Crippen molar-refractivity contribution in [1.82, 2.24) is 20.2 Å². The van der Waals surface area contributed by atoms with Gasteiger partial charge in [0.1, 0.15) is 5.82 Å². The molecule has 0 atom stereocenters. The monoisotopic (exact) mass is 323 g/mol. The van der Waals surface area contributed by atoms with Gasteiger partial charge in [-0.3, -0.25) is 9.97 Å². The number of benzene rings is 1. The summed E-state index contributed by atoms with van der Waals surface area (Å²) in [5.74, 6) is 0.393. The predicted molar refractivity (Wildman–Crippen MR) is 78.0 cm³/mol. The van der Waals surface area contributed by atoms with Gasteiger partial charge in [-0.05, 0) is 25.1 Å². The fourth-order valence-electron chi connectivity index (χ4n) is 2.25. The van der Waals surface area contributed by atoms with Crippen molar-refractivity contribution < 1.29 is 13.2 Å². The summed E-state index contributed by atoms with van der Waals surface area (Å²) in [6, 6.07) is 5.13. The van der Waals surface area contributed by atoms with Crippen LogP contribution in [0.5, 0.6) is 0 Å². The quantitative estimate of drug-likeness (QED) is 0.691. The molecule has 9 heteroatoms. The maximum Gasteiger partial charge on any atom is 0.416 e. The molecular weight excluding hydrogens is 311 g/mol. The van der Waals surface area contributed by atoms with Gasteiger partial charge >= 0.3 is 11.9 Å². The van der Waals surface area contributed by atoms with Crippen LogP contribution in [0.4, 0.5) is 18.9 Å². The molecule has 120 valence electrons. The van der Waals surface area contributed by atoms with E-state index in [1.807, 2.05) is 0 Å². The number of anilines is 1. The van der Waals surface area contributed by atoms with Gasteiger partial charge in [0.15, 0.2) is 0 Å². The van der Waals surface area contributed by atoms with Crippen LogP contribution in [0.2, 0.25) is 0 Å². The van der Waals surface area contributed by atoms with E-state index < -0.39 is 17.4 Å². The van der Waals surface area contributed by atoms with E-state index in [0.29, 0.717) is 22.6 Å². The number of fused-ring (bicyclic) bond motifs is 1. The van der Waals surface area contributed by atoms with E-state index in [1.54, 1.807) is 13.0 Å². The number of rotatable bonds is 3. The molecule has 0 spiro atoms. The van der Waals surface area contributed by atoms with Gasteiger partial charge in [0.05, 0.1) is 17.6 Å². The molecular formula is C14H12F3N5O. The van der Waals surface area contributed by atoms with Crippen LogP contribution in [-0.4, -0.2) is 20.2 Å². The summed E-state index contributed by atoms with van der Waals surface area (Å²) in [6.07, 6.45) is -4.41. The van der Waals surface area contributed by atoms with Gasteiger partial charge in [-0.25, -0.2) is 9.89 Å². The molecule has 0 saturated carbocycles. The molecule has 23 heavy (non-hydrogen) atoms. The Morgan fingerprint density at radius 1 is 1.26 bits per heavy atom. The number of alkyl halides is 3. The van der Waals surface area contributed by atoms with E-state index in [1.165, 1.54) is 6.07 Å². The van der Waals surface area contributed by atoms with Crippen molar-refractivity contribution in [1.29, 1.82) is 0 Å². The van der Waals surface area contributed by atoms with Gasteiger partial charge in [-0.2, -0.15) is 18.3 Å². The summed E-state index contributed by atoms with van der Waals surface area (Å²) >= 11 is 0. The molecule has 0 aliphatic carbocycles. The van der Waals surface area contributed by atoms with Crippen molar-refractivity contribution in [3.8, 4) is 0 Å². The summed E-state index contributed by atoms with van der Waals surface area (Å²) in [5, 5.41) is 9.60. The smallest absolute Gasteiger partial charge is 0.377 e. The van der Waals surface area contributed by atoms with Crippen LogP contribution in [0, 0.1) is 6.92 Å². The highest BCUT2D eigenvalue weighted by Crippen LogP contribution is 2.33. The first-order chi connectivity index (χ1) is 10.8. The number of hydrogen-bond acceptors (Lipinski definition) is 4. The first-order valence-electron chi connectivity index (χ1n) is 6.69. The summed E-state index contributed by atoms with van der Waals surface area (Å²) in [5.41, 5.74) is 0.274. The Balaban J connectivity index is 1.98. The van der Waals surface area contributed by atoms with Gasteiger partial charge < -0.3 is 5.32 Å². The number of aromatic nitrogens is 4. The largest absolute Gasteiger partial charge is 0.416 e. The van der Waals surface area contributed by atoms with Crippen LogP contribution in [0.15, 0.2) is 29.1 Å². The van der Waals surface area contributed by atoms with Crippen molar-refractivity contribution in [2.45, 2.75) is 19.6 Å². The molecule has 0 unspecified atom stereocenters. The minimum Gasteiger partial charge on any atom is -0.377 e. The third-order valence-corrected chi connectivity index (χ3v) is 3.26. The van der Waals surface area contributed by atoms with Crippen LogP contribution in [0.25, 0.3) is 10.9 Å². The molecule has 3 N–H and O–H groups in total. The van der Waals surface area contributed by atoms with E-state index in [9.17, 15) is 18.0 Å². The van der Waals surface area contributed by atoms with E-state index in [-0.39, 0.29) is 12.1 Å². The average molecular weight is 323 g/mol. The van der Waals surface area contributed by atoms with E-state index in [2.05, 4.69) is 25.5 Å². The van der Waals surface area contributed by atoms with Crippen LogP contribution in [-0.2, 0) is 12.7 Å². The number of nitrogens with one attached hydrogen (secondary N) is 3. The number of aryl methyl sites for hydroxylation is 1. The lowest BCUT2D eigenvalue weighted by Crippen LogP contribution is -2.07. The van der Waals surface area contributed by atoms with Gasteiger partial charge in [-0.1, -0.05) is 6.07 Å². The average Bonchev–Trinajstić information content (AvgIpc) is 2.88. The highest BCUT2D eigenvalue weighted by molar-refractivity contribution is 5.91. The molecule has 2 heterocycles. The second-order valence-corrected chi connectivity index (χ2v) is 5.02. The summed E-state index contributed by atoms with van der Waals surface area (Å²) in [6.45, 7) is 1.92. The van der Waals surface area contributed by atoms with Crippen LogP contribution in [0.1, 0.15) is 17.1 Å². The molecule has 0 saturated heterocycles. The minimum atomic E-state index is -4.41. The Morgan fingerprint density at radius 3 is 2.70 bits per heavy atom. The lowest BCUT2D eigenvalue weighted by atomic mass is 10.1.